The monoisotopic (exact) mass is 977 g/mol. The van der Waals surface area contributed by atoms with E-state index >= 15 is 0 Å². The molecule has 5 aromatic rings. The molecular formula is C49H58Cl3N7O8. The number of aliphatic carboxylic acids is 1. The largest absolute Gasteiger partial charge is 0.478 e. The molecule has 1 saturated heterocycles. The van der Waals surface area contributed by atoms with Crippen LogP contribution in [0.25, 0.3) is 11.3 Å². The van der Waals surface area contributed by atoms with Gasteiger partial charge in [-0.05, 0) is 106 Å². The van der Waals surface area contributed by atoms with Gasteiger partial charge in [-0.15, -0.1) is 12.4 Å². The third kappa shape index (κ3) is 14.4. The minimum absolute atomic E-state index is 0. The van der Waals surface area contributed by atoms with Gasteiger partial charge in [0, 0.05) is 48.3 Å². The lowest BCUT2D eigenvalue weighted by Crippen LogP contribution is -2.63. The Kier molecular flexibility index (Phi) is 19.0. The molecule has 15 nitrogen and oxygen atoms in total. The second-order valence-electron chi connectivity index (χ2n) is 16.8. The third-order valence-corrected chi connectivity index (χ3v) is 11.9. The lowest BCUT2D eigenvalue weighted by Gasteiger charge is -2.40. The number of methoxy groups -OCH3 is 1. The number of halogens is 3. The molecule has 18 heteroatoms. The van der Waals surface area contributed by atoms with Gasteiger partial charge >= 0.3 is 12.1 Å². The Balaban J connectivity index is 0.00000840. The normalized spacial score (nSPS) is 15.9. The molecule has 67 heavy (non-hydrogen) atoms. The number of imidazole rings is 1. The van der Waals surface area contributed by atoms with Gasteiger partial charge in [-0.1, -0.05) is 71.7 Å². The van der Waals surface area contributed by atoms with E-state index < -0.39 is 47.6 Å². The fourth-order valence-electron chi connectivity index (χ4n) is 7.86. The zero-order valence-corrected chi connectivity index (χ0v) is 40.5. The van der Waals surface area contributed by atoms with E-state index in [0.29, 0.717) is 52.9 Å². The summed E-state index contributed by atoms with van der Waals surface area (Å²) in [6.07, 6.45) is 1.03. The van der Waals surface area contributed by atoms with Gasteiger partial charge in [0.05, 0.1) is 37.1 Å². The summed E-state index contributed by atoms with van der Waals surface area (Å²) in [6, 6.07) is 26.0. The van der Waals surface area contributed by atoms with Gasteiger partial charge < -0.3 is 44.7 Å². The van der Waals surface area contributed by atoms with E-state index in [1.54, 1.807) is 72.8 Å². The van der Waals surface area contributed by atoms with E-state index in [4.69, 9.17) is 37.4 Å². The average Bonchev–Trinajstić information content (AvgIpc) is 3.65. The highest BCUT2D eigenvalue weighted by molar-refractivity contribution is 6.31. The highest BCUT2D eigenvalue weighted by atomic mass is 35.5. The number of carbonyl (C=O) groups excluding carboxylic acids is 3. The predicted molar refractivity (Wildman–Crippen MR) is 260 cm³/mol. The van der Waals surface area contributed by atoms with Crippen molar-refractivity contribution in [3.8, 4) is 22.8 Å². The summed E-state index contributed by atoms with van der Waals surface area (Å²) >= 11 is 12.7. The number of ether oxygens (including phenoxy) is 3. The zero-order valence-electron chi connectivity index (χ0n) is 38.2. The summed E-state index contributed by atoms with van der Waals surface area (Å²) in [7, 11) is 7.34. The van der Waals surface area contributed by atoms with E-state index in [9.17, 15) is 24.3 Å². The minimum atomic E-state index is -1.59. The minimum Gasteiger partial charge on any atom is -0.478 e. The molecule has 0 spiro atoms. The van der Waals surface area contributed by atoms with E-state index in [1.807, 2.05) is 61.1 Å². The second kappa shape index (κ2) is 24.4. The number of rotatable bonds is 20. The number of carbonyl (C=O) groups is 4. The smallest absolute Gasteiger partial charge is 0.411 e. The van der Waals surface area contributed by atoms with Crippen LogP contribution in [0.5, 0.6) is 11.5 Å². The summed E-state index contributed by atoms with van der Waals surface area (Å²) in [5.74, 6) is -0.921. The van der Waals surface area contributed by atoms with Crippen LogP contribution in [-0.4, -0.2) is 113 Å². The predicted octanol–water partition coefficient (Wildman–Crippen LogP) is 7.30. The maximum atomic E-state index is 14.3. The van der Waals surface area contributed by atoms with Crippen LogP contribution in [0.1, 0.15) is 42.3 Å². The van der Waals surface area contributed by atoms with Gasteiger partial charge in [0.25, 0.3) is 0 Å². The maximum Gasteiger partial charge on any atom is 0.411 e. The van der Waals surface area contributed by atoms with Crippen LogP contribution in [0.4, 0.5) is 4.79 Å². The summed E-state index contributed by atoms with van der Waals surface area (Å²) < 4.78 is 19.5. The van der Waals surface area contributed by atoms with Crippen LogP contribution in [0.3, 0.4) is 0 Å². The van der Waals surface area contributed by atoms with Crippen molar-refractivity contribution in [2.24, 2.45) is 7.05 Å². The molecule has 358 valence electrons. The molecule has 0 saturated carbocycles. The van der Waals surface area contributed by atoms with Crippen LogP contribution in [-0.2, 0) is 56.8 Å². The maximum absolute atomic E-state index is 14.3. The Morgan fingerprint density at radius 1 is 0.925 bits per heavy atom. The fraction of sp³-hybridized carbons (Fsp3) is 0.367. The van der Waals surface area contributed by atoms with Crippen molar-refractivity contribution < 1.29 is 38.5 Å². The van der Waals surface area contributed by atoms with Crippen molar-refractivity contribution in [1.29, 1.82) is 0 Å². The number of hydrogen-bond acceptors (Lipinski definition) is 10. The molecule has 2 heterocycles. The number of nitrogens with one attached hydrogen (secondary N) is 3. The van der Waals surface area contributed by atoms with E-state index in [0.717, 1.165) is 40.5 Å². The summed E-state index contributed by atoms with van der Waals surface area (Å²) in [4.78, 5) is 63.0. The summed E-state index contributed by atoms with van der Waals surface area (Å²) in [5.41, 5.74) is 3.19. The molecule has 1 aliphatic rings. The molecule has 1 aliphatic heterocycles. The molecular weight excluding hydrogens is 921 g/mol. The van der Waals surface area contributed by atoms with Crippen molar-refractivity contribution in [2.45, 2.75) is 69.4 Å². The number of amides is 3. The fourth-order valence-corrected chi connectivity index (χ4v) is 8.14. The Morgan fingerprint density at radius 3 is 2.27 bits per heavy atom. The number of aromatic nitrogens is 2. The number of nitrogens with zero attached hydrogens (tertiary/aromatic N) is 4. The molecule has 3 amide bonds. The van der Waals surface area contributed by atoms with Crippen LogP contribution in [0, 0.1) is 0 Å². The number of piperidine rings is 1. The SMILES string of the molecule is COCC(NC(=O)C(C)N(Cc1ccc(Cl)cc1Oc1ccc(-c2cnc(CN(C)C)n2C)cc1)C(=O)OC(Cc1ccccc1)C(=O)O)C(=O)N[C@@]1(Cc2ccc(Cl)cc2)CCCNC1.Cl. The highest BCUT2D eigenvalue weighted by Gasteiger charge is 2.38. The molecule has 0 radical (unpaired) electrons. The molecule has 3 unspecified atom stereocenters. The first-order chi connectivity index (χ1) is 31.6. The van der Waals surface area contributed by atoms with Gasteiger partial charge in [-0.25, -0.2) is 14.6 Å². The van der Waals surface area contributed by atoms with Crippen molar-refractivity contribution >= 4 is 59.5 Å². The Labute approximate surface area is 407 Å². The van der Waals surface area contributed by atoms with Crippen LogP contribution in [0.15, 0.2) is 103 Å². The van der Waals surface area contributed by atoms with E-state index in [1.165, 1.54) is 14.0 Å². The van der Waals surface area contributed by atoms with Crippen molar-refractivity contribution in [3.05, 3.63) is 136 Å². The zero-order chi connectivity index (χ0) is 47.4. The Bertz CT molecular complexity index is 2430. The lowest BCUT2D eigenvalue weighted by molar-refractivity contribution is -0.147. The second-order valence-corrected chi connectivity index (χ2v) is 17.7. The third-order valence-electron chi connectivity index (χ3n) is 11.4. The first-order valence-corrected chi connectivity index (χ1v) is 22.4. The van der Waals surface area contributed by atoms with Gasteiger partial charge in [-0.3, -0.25) is 14.5 Å². The van der Waals surface area contributed by atoms with Crippen LogP contribution >= 0.6 is 35.6 Å². The summed E-state index contributed by atoms with van der Waals surface area (Å²) in [5, 5.41) is 20.5. The molecule has 0 aliphatic carbocycles. The molecule has 4 aromatic carbocycles. The first-order valence-electron chi connectivity index (χ1n) is 21.7. The van der Waals surface area contributed by atoms with Crippen LogP contribution < -0.4 is 20.7 Å². The standard InChI is InChI=1S/C49H57Cl2N7O8.ClH/c1-32(45(59)54-40(30-64-5)46(60)55-49(22-9-23-52-31-49)26-34-12-17-37(50)18-13-34)58(48(63)66-43(47(61)62)24-33-10-7-6-8-11-33)28-36-14-19-38(51)25-42(36)65-39-20-15-35(16-21-39)41-27-53-44(57(41)4)29-56(2)3;/h6-8,10-21,25,27,32,40,43,52H,9,22-24,26,28-31H2,1-5H3,(H,54,59)(H,55,60)(H,61,62);1H/t32?,40?,43?,49-;/m1./s1. The van der Waals surface area contributed by atoms with Gasteiger partial charge in [0.2, 0.25) is 17.9 Å². The Hall–Kier alpha value is -5.68. The van der Waals surface area contributed by atoms with Crippen molar-refractivity contribution in [1.82, 2.24) is 35.3 Å². The quantitative estimate of drug-likeness (QED) is 0.0616. The van der Waals surface area contributed by atoms with Gasteiger partial charge in [0.1, 0.15) is 29.4 Å². The van der Waals surface area contributed by atoms with Crippen molar-refractivity contribution in [2.75, 3.05) is 40.9 Å². The molecule has 1 fully saturated rings. The number of benzene rings is 4. The molecule has 1 aromatic heterocycles. The molecule has 6 rings (SSSR count). The average molecular weight is 979 g/mol. The Morgan fingerprint density at radius 2 is 1.63 bits per heavy atom. The van der Waals surface area contributed by atoms with Crippen LogP contribution in [0.2, 0.25) is 10.0 Å². The van der Waals surface area contributed by atoms with Gasteiger partial charge in [-0.2, -0.15) is 0 Å². The topological polar surface area (TPSA) is 177 Å². The number of carboxylic acids is 1. The van der Waals surface area contributed by atoms with E-state index in [-0.39, 0.29) is 37.7 Å². The number of hydrogen-bond donors (Lipinski definition) is 4. The number of carboxylic acid groups (broad SMARTS) is 1. The van der Waals surface area contributed by atoms with Gasteiger partial charge in [0.15, 0.2) is 0 Å². The molecule has 4 N–H and O–H groups in total. The highest BCUT2D eigenvalue weighted by Crippen LogP contribution is 2.32. The van der Waals surface area contributed by atoms with E-state index in [2.05, 4.69) is 20.9 Å². The molecule has 0 bridgehead atoms. The molecule has 4 atom stereocenters. The first kappa shape index (κ1) is 52.3. The van der Waals surface area contributed by atoms with Crippen molar-refractivity contribution in [3.63, 3.8) is 0 Å². The summed E-state index contributed by atoms with van der Waals surface area (Å²) in [6.45, 7) is 2.98. The lowest BCUT2D eigenvalue weighted by atomic mass is 9.83.